The molecule has 0 amide bonds. The van der Waals surface area contributed by atoms with Gasteiger partial charge in [-0.2, -0.15) is 0 Å². The fourth-order valence-corrected chi connectivity index (χ4v) is 4.24. The lowest BCUT2D eigenvalue weighted by Crippen LogP contribution is -2.41. The average Bonchev–Trinajstić information content (AvgIpc) is 2.67. The summed E-state index contributed by atoms with van der Waals surface area (Å²) in [5, 5.41) is 3.87. The monoisotopic (exact) mass is 347 g/mol. The molecule has 0 bridgehead atoms. The summed E-state index contributed by atoms with van der Waals surface area (Å²) in [5.41, 5.74) is 3.91. The van der Waals surface area contributed by atoms with Crippen molar-refractivity contribution in [2.24, 2.45) is 5.92 Å². The second-order valence-corrected chi connectivity index (χ2v) is 7.80. The van der Waals surface area contributed by atoms with E-state index >= 15 is 0 Å². The molecule has 0 aliphatic heterocycles. The zero-order valence-electron chi connectivity index (χ0n) is 16.4. The Morgan fingerprint density at radius 1 is 0.846 bits per heavy atom. The van der Waals surface area contributed by atoms with Gasteiger partial charge in [-0.05, 0) is 36.6 Å². The van der Waals surface area contributed by atoms with E-state index in [9.17, 15) is 0 Å². The van der Waals surface area contributed by atoms with Crippen molar-refractivity contribution in [2.75, 3.05) is 5.32 Å². The van der Waals surface area contributed by atoms with Crippen LogP contribution in [0.1, 0.15) is 69.9 Å². The van der Waals surface area contributed by atoms with Crippen molar-refractivity contribution in [2.45, 2.75) is 64.3 Å². The summed E-state index contributed by atoms with van der Waals surface area (Å²) in [5.74, 6) is 0.517. The Balaban J connectivity index is 1.74. The molecule has 2 aromatic rings. The van der Waals surface area contributed by atoms with Gasteiger partial charge < -0.3 is 5.32 Å². The largest absolute Gasteiger partial charge is 0.375 e. The van der Waals surface area contributed by atoms with Gasteiger partial charge in [0.1, 0.15) is 0 Å². The van der Waals surface area contributed by atoms with Gasteiger partial charge in [0.25, 0.3) is 0 Å². The molecule has 0 saturated carbocycles. The molecule has 138 valence electrons. The van der Waals surface area contributed by atoms with Crippen molar-refractivity contribution in [3.8, 4) is 0 Å². The number of para-hydroxylation sites is 1. The van der Waals surface area contributed by atoms with Crippen LogP contribution in [-0.2, 0) is 5.54 Å². The van der Waals surface area contributed by atoms with Crippen LogP contribution in [0.25, 0.3) is 6.08 Å². The molecule has 1 nitrogen and oxygen atoms in total. The molecule has 0 spiro atoms. The topological polar surface area (TPSA) is 12.0 Å². The molecule has 3 rings (SSSR count). The summed E-state index contributed by atoms with van der Waals surface area (Å²) in [7, 11) is 0. The van der Waals surface area contributed by atoms with Crippen molar-refractivity contribution in [1.82, 2.24) is 0 Å². The number of fused-ring (bicyclic) bond motifs is 1. The fraction of sp³-hybridized carbons (Fsp3) is 0.440. The van der Waals surface area contributed by atoms with E-state index < -0.39 is 0 Å². The minimum absolute atomic E-state index is 0.0594. The lowest BCUT2D eigenvalue weighted by atomic mass is 9.71. The van der Waals surface area contributed by atoms with Gasteiger partial charge in [-0.25, -0.2) is 0 Å². The molecule has 1 aliphatic rings. The van der Waals surface area contributed by atoms with Crippen LogP contribution < -0.4 is 5.32 Å². The summed E-state index contributed by atoms with van der Waals surface area (Å²) < 4.78 is 0. The third-order valence-corrected chi connectivity index (χ3v) is 5.82. The number of rotatable bonds is 9. The summed E-state index contributed by atoms with van der Waals surface area (Å²) in [6.45, 7) is 4.66. The molecule has 0 heterocycles. The normalized spacial score (nSPS) is 21.4. The third-order valence-electron chi connectivity index (χ3n) is 5.82. The molecular weight excluding hydrogens is 314 g/mol. The first-order valence-electron chi connectivity index (χ1n) is 10.3. The van der Waals surface area contributed by atoms with E-state index in [-0.39, 0.29) is 5.54 Å². The van der Waals surface area contributed by atoms with Crippen LogP contribution in [0.5, 0.6) is 0 Å². The Morgan fingerprint density at radius 3 is 2.35 bits per heavy atom. The van der Waals surface area contributed by atoms with Crippen molar-refractivity contribution >= 4 is 11.8 Å². The van der Waals surface area contributed by atoms with E-state index in [0.717, 1.165) is 0 Å². The number of hydrogen-bond donors (Lipinski definition) is 1. The number of unbranched alkanes of at least 4 members (excludes halogenated alkanes) is 5. The van der Waals surface area contributed by atoms with Crippen molar-refractivity contribution in [1.29, 1.82) is 0 Å². The van der Waals surface area contributed by atoms with Gasteiger partial charge in [0.2, 0.25) is 0 Å². The molecule has 26 heavy (non-hydrogen) atoms. The molecule has 0 radical (unpaired) electrons. The van der Waals surface area contributed by atoms with Crippen LogP contribution in [0.15, 0.2) is 60.7 Å². The number of hydrogen-bond acceptors (Lipinski definition) is 1. The van der Waals surface area contributed by atoms with Gasteiger partial charge in [-0.1, -0.05) is 100 Å². The van der Waals surface area contributed by atoms with E-state index in [0.29, 0.717) is 5.92 Å². The first kappa shape index (κ1) is 18.8. The zero-order valence-corrected chi connectivity index (χ0v) is 16.4. The lowest BCUT2D eigenvalue weighted by Gasteiger charge is -2.42. The Kier molecular flexibility index (Phi) is 6.55. The highest BCUT2D eigenvalue weighted by atomic mass is 15.0. The summed E-state index contributed by atoms with van der Waals surface area (Å²) in [6.07, 6.45) is 14.1. The standard InChI is InChI=1S/C25H33N/c1-3-4-5-6-7-9-15-22-20-19-21-14-12-13-18-24(21)25(22,2)26-23-16-10-8-11-17-23/h8,10-14,16-20,22,26H,3-7,9,15H2,1-2H3. The Hall–Kier alpha value is -2.02. The smallest absolute Gasteiger partial charge is 0.0665 e. The van der Waals surface area contributed by atoms with Crippen LogP contribution in [0.4, 0.5) is 5.69 Å². The maximum absolute atomic E-state index is 3.87. The molecule has 0 aromatic heterocycles. The van der Waals surface area contributed by atoms with Crippen LogP contribution >= 0.6 is 0 Å². The predicted octanol–water partition coefficient (Wildman–Crippen LogP) is 7.41. The predicted molar refractivity (Wildman–Crippen MR) is 114 cm³/mol. The first-order chi connectivity index (χ1) is 12.7. The zero-order chi connectivity index (χ0) is 18.2. The maximum atomic E-state index is 3.87. The summed E-state index contributed by atoms with van der Waals surface area (Å²) in [4.78, 5) is 0. The minimum atomic E-state index is -0.0594. The molecule has 2 aromatic carbocycles. The van der Waals surface area contributed by atoms with Crippen molar-refractivity contribution < 1.29 is 0 Å². The van der Waals surface area contributed by atoms with Crippen LogP contribution in [0, 0.1) is 5.92 Å². The number of anilines is 1. The molecule has 2 unspecified atom stereocenters. The SMILES string of the molecule is CCCCCCCCC1C=Cc2ccccc2C1(C)Nc1ccccc1. The van der Waals surface area contributed by atoms with Gasteiger partial charge >= 0.3 is 0 Å². The average molecular weight is 348 g/mol. The summed E-state index contributed by atoms with van der Waals surface area (Å²) >= 11 is 0. The molecule has 1 N–H and O–H groups in total. The fourth-order valence-electron chi connectivity index (χ4n) is 4.24. The van der Waals surface area contributed by atoms with Crippen LogP contribution in [0.2, 0.25) is 0 Å². The van der Waals surface area contributed by atoms with Gasteiger partial charge in [0.05, 0.1) is 5.54 Å². The molecular formula is C25H33N. The number of benzene rings is 2. The Labute approximate surface area is 159 Å². The van der Waals surface area contributed by atoms with Gasteiger partial charge in [0, 0.05) is 11.6 Å². The van der Waals surface area contributed by atoms with E-state index in [2.05, 4.69) is 85.9 Å². The van der Waals surface area contributed by atoms with E-state index in [1.807, 2.05) is 0 Å². The Bertz CT molecular complexity index is 703. The highest BCUT2D eigenvalue weighted by Gasteiger charge is 2.37. The van der Waals surface area contributed by atoms with Crippen molar-refractivity contribution in [3.05, 3.63) is 71.8 Å². The quantitative estimate of drug-likeness (QED) is 0.466. The van der Waals surface area contributed by atoms with E-state index in [1.165, 1.54) is 61.8 Å². The highest BCUT2D eigenvalue weighted by Crippen LogP contribution is 2.42. The maximum Gasteiger partial charge on any atom is 0.0665 e. The number of nitrogens with one attached hydrogen (secondary N) is 1. The van der Waals surface area contributed by atoms with Gasteiger partial charge in [-0.15, -0.1) is 0 Å². The van der Waals surface area contributed by atoms with Crippen molar-refractivity contribution in [3.63, 3.8) is 0 Å². The molecule has 1 heteroatoms. The third kappa shape index (κ3) is 4.38. The molecule has 0 saturated heterocycles. The molecule has 2 atom stereocenters. The van der Waals surface area contributed by atoms with Crippen LogP contribution in [0.3, 0.4) is 0 Å². The Morgan fingerprint density at radius 2 is 1.54 bits per heavy atom. The highest BCUT2D eigenvalue weighted by molar-refractivity contribution is 5.63. The molecule has 1 aliphatic carbocycles. The second kappa shape index (κ2) is 9.07. The van der Waals surface area contributed by atoms with Gasteiger partial charge in [0.15, 0.2) is 0 Å². The minimum Gasteiger partial charge on any atom is -0.375 e. The van der Waals surface area contributed by atoms with Crippen LogP contribution in [-0.4, -0.2) is 0 Å². The molecule has 0 fully saturated rings. The van der Waals surface area contributed by atoms with Gasteiger partial charge in [-0.3, -0.25) is 0 Å². The van der Waals surface area contributed by atoms with E-state index in [1.54, 1.807) is 0 Å². The second-order valence-electron chi connectivity index (χ2n) is 7.80. The van der Waals surface area contributed by atoms with E-state index in [4.69, 9.17) is 0 Å². The lowest BCUT2D eigenvalue weighted by molar-refractivity contribution is 0.356. The summed E-state index contributed by atoms with van der Waals surface area (Å²) in [6, 6.07) is 19.5. The first-order valence-corrected chi connectivity index (χ1v) is 10.3.